The Kier molecular flexibility index (Phi) is 2.92. The number of fused-ring (bicyclic) bond motifs is 1. The Hall–Kier alpha value is -1.65. The molecule has 0 spiro atoms. The Labute approximate surface area is 112 Å². The number of nitrogens with zero attached hydrogens (tertiary/aromatic N) is 1. The van der Waals surface area contributed by atoms with E-state index in [9.17, 15) is 14.4 Å². The van der Waals surface area contributed by atoms with Crippen molar-refractivity contribution in [3.8, 4) is 0 Å². The topological polar surface area (TPSA) is 66.5 Å². The molecule has 4 unspecified atom stereocenters. The lowest BCUT2D eigenvalue weighted by atomic mass is 9.63. The van der Waals surface area contributed by atoms with E-state index in [2.05, 4.69) is 17.5 Å². The van der Waals surface area contributed by atoms with Gasteiger partial charge < -0.3 is 5.32 Å². The molecule has 5 nitrogen and oxygen atoms in total. The lowest BCUT2D eigenvalue weighted by Gasteiger charge is -2.38. The predicted octanol–water partition coefficient (Wildman–Crippen LogP) is 0.320. The number of amides is 3. The van der Waals surface area contributed by atoms with Crippen LogP contribution >= 0.6 is 0 Å². The average Bonchev–Trinajstić information content (AvgIpc) is 2.72. The fourth-order valence-corrected chi connectivity index (χ4v) is 3.69. The molecule has 4 rings (SSSR count). The molecule has 0 aromatic heterocycles. The van der Waals surface area contributed by atoms with E-state index < -0.39 is 0 Å². The molecule has 0 radical (unpaired) electrons. The highest BCUT2D eigenvalue weighted by Crippen LogP contribution is 2.49. The van der Waals surface area contributed by atoms with Crippen LogP contribution in [-0.2, 0) is 14.4 Å². The molecule has 1 N–H and O–H groups in total. The zero-order valence-electron chi connectivity index (χ0n) is 11.0. The fourth-order valence-electron chi connectivity index (χ4n) is 3.69. The predicted molar refractivity (Wildman–Crippen MR) is 67.7 cm³/mol. The molecule has 4 aliphatic rings. The van der Waals surface area contributed by atoms with Gasteiger partial charge in [-0.05, 0) is 24.7 Å². The standard InChI is InChI=1S/C14H18N2O3/c1-15-10(17)6-7-16-13(18)11-8-2-3-9(5-4-8)12(11)14(16)19/h2-3,8-9,11-12H,4-7H2,1H3,(H,15,17). The number of allylic oxidation sites excluding steroid dienone is 2. The quantitative estimate of drug-likeness (QED) is 0.588. The SMILES string of the molecule is CNC(=O)CCN1C(=O)C2C3C=CC(CC3)C2C1=O. The van der Waals surface area contributed by atoms with Crippen molar-refractivity contribution in [1.29, 1.82) is 0 Å². The number of nitrogens with one attached hydrogen (secondary N) is 1. The summed E-state index contributed by atoms with van der Waals surface area (Å²) in [6, 6.07) is 0. The van der Waals surface area contributed by atoms with Crippen molar-refractivity contribution in [2.75, 3.05) is 13.6 Å². The van der Waals surface area contributed by atoms with E-state index in [1.54, 1.807) is 7.05 Å². The molecule has 102 valence electrons. The first-order valence-electron chi connectivity index (χ1n) is 6.87. The Bertz CT molecular complexity index is 439. The molecule has 2 bridgehead atoms. The van der Waals surface area contributed by atoms with Gasteiger partial charge in [-0.25, -0.2) is 0 Å². The van der Waals surface area contributed by atoms with Crippen LogP contribution in [0.2, 0.25) is 0 Å². The molecule has 3 aliphatic carbocycles. The molecule has 0 aromatic carbocycles. The first kappa shape index (κ1) is 12.4. The van der Waals surface area contributed by atoms with Crippen molar-refractivity contribution in [3.63, 3.8) is 0 Å². The molecule has 2 fully saturated rings. The molecule has 5 heteroatoms. The molecule has 1 aliphatic heterocycles. The van der Waals surface area contributed by atoms with Crippen LogP contribution in [0.15, 0.2) is 12.2 Å². The zero-order valence-corrected chi connectivity index (χ0v) is 11.0. The first-order chi connectivity index (χ1) is 9.13. The summed E-state index contributed by atoms with van der Waals surface area (Å²) in [6.07, 6.45) is 6.40. The average molecular weight is 262 g/mol. The van der Waals surface area contributed by atoms with E-state index in [-0.39, 0.29) is 54.4 Å². The summed E-state index contributed by atoms with van der Waals surface area (Å²) in [5, 5.41) is 2.51. The van der Waals surface area contributed by atoms with Gasteiger partial charge in [0.1, 0.15) is 0 Å². The molecular weight excluding hydrogens is 244 g/mol. The number of rotatable bonds is 3. The number of hydrogen-bond acceptors (Lipinski definition) is 3. The van der Waals surface area contributed by atoms with Crippen LogP contribution in [0.5, 0.6) is 0 Å². The second-order valence-electron chi connectivity index (χ2n) is 5.59. The number of carbonyl (C=O) groups is 3. The van der Waals surface area contributed by atoms with E-state index in [1.807, 2.05) is 0 Å². The third kappa shape index (κ3) is 1.79. The van der Waals surface area contributed by atoms with E-state index >= 15 is 0 Å². The Morgan fingerprint density at radius 2 is 1.74 bits per heavy atom. The highest BCUT2D eigenvalue weighted by atomic mass is 16.2. The maximum absolute atomic E-state index is 12.4. The summed E-state index contributed by atoms with van der Waals surface area (Å²) in [7, 11) is 1.56. The van der Waals surface area contributed by atoms with Crippen molar-refractivity contribution in [2.45, 2.75) is 19.3 Å². The molecule has 1 saturated heterocycles. The van der Waals surface area contributed by atoms with E-state index in [0.29, 0.717) is 0 Å². The van der Waals surface area contributed by atoms with Crippen molar-refractivity contribution in [3.05, 3.63) is 12.2 Å². The molecule has 1 saturated carbocycles. The van der Waals surface area contributed by atoms with Crippen molar-refractivity contribution in [1.82, 2.24) is 10.2 Å². The van der Waals surface area contributed by atoms with Gasteiger partial charge in [0.2, 0.25) is 17.7 Å². The highest BCUT2D eigenvalue weighted by molar-refractivity contribution is 6.06. The molecule has 0 aromatic rings. The van der Waals surface area contributed by atoms with Crippen molar-refractivity contribution >= 4 is 17.7 Å². The van der Waals surface area contributed by atoms with Crippen molar-refractivity contribution in [2.24, 2.45) is 23.7 Å². The lowest BCUT2D eigenvalue weighted by molar-refractivity contribution is -0.140. The second-order valence-corrected chi connectivity index (χ2v) is 5.59. The van der Waals surface area contributed by atoms with Crippen LogP contribution in [0, 0.1) is 23.7 Å². The lowest BCUT2D eigenvalue weighted by Crippen LogP contribution is -2.38. The molecule has 4 atom stereocenters. The summed E-state index contributed by atoms with van der Waals surface area (Å²) in [5.41, 5.74) is 0. The van der Waals surface area contributed by atoms with Crippen LogP contribution in [0.3, 0.4) is 0 Å². The second kappa shape index (κ2) is 4.47. The van der Waals surface area contributed by atoms with Gasteiger partial charge in [0.25, 0.3) is 0 Å². The summed E-state index contributed by atoms with van der Waals surface area (Å²) in [5.74, 6) is -0.178. The van der Waals surface area contributed by atoms with Gasteiger partial charge >= 0.3 is 0 Å². The number of hydrogen-bond donors (Lipinski definition) is 1. The van der Waals surface area contributed by atoms with Crippen LogP contribution in [0.4, 0.5) is 0 Å². The minimum atomic E-state index is -0.166. The maximum atomic E-state index is 12.4. The van der Waals surface area contributed by atoms with Gasteiger partial charge in [-0.3, -0.25) is 19.3 Å². The van der Waals surface area contributed by atoms with E-state index in [0.717, 1.165) is 12.8 Å². The Morgan fingerprint density at radius 3 is 2.16 bits per heavy atom. The maximum Gasteiger partial charge on any atom is 0.233 e. The summed E-state index contributed by atoms with van der Waals surface area (Å²) in [4.78, 5) is 37.3. The number of likely N-dealkylation sites (tertiary alicyclic amines) is 1. The van der Waals surface area contributed by atoms with Crippen LogP contribution in [0.1, 0.15) is 19.3 Å². The van der Waals surface area contributed by atoms with Gasteiger partial charge in [0.15, 0.2) is 0 Å². The monoisotopic (exact) mass is 262 g/mol. The van der Waals surface area contributed by atoms with Crippen LogP contribution < -0.4 is 5.32 Å². The fraction of sp³-hybridized carbons (Fsp3) is 0.643. The Morgan fingerprint density at radius 1 is 1.21 bits per heavy atom. The number of imide groups is 1. The van der Waals surface area contributed by atoms with Gasteiger partial charge in [0, 0.05) is 20.0 Å². The van der Waals surface area contributed by atoms with Crippen LogP contribution in [0.25, 0.3) is 0 Å². The van der Waals surface area contributed by atoms with E-state index in [4.69, 9.17) is 0 Å². The summed E-state index contributed by atoms with van der Waals surface area (Å²) >= 11 is 0. The first-order valence-corrected chi connectivity index (χ1v) is 6.87. The van der Waals surface area contributed by atoms with Crippen LogP contribution in [-0.4, -0.2) is 36.2 Å². The van der Waals surface area contributed by atoms with Crippen molar-refractivity contribution < 1.29 is 14.4 Å². The van der Waals surface area contributed by atoms with E-state index in [1.165, 1.54) is 4.90 Å². The summed E-state index contributed by atoms with van der Waals surface area (Å²) < 4.78 is 0. The van der Waals surface area contributed by atoms with Gasteiger partial charge in [-0.1, -0.05) is 12.2 Å². The number of carbonyl (C=O) groups excluding carboxylic acids is 3. The Balaban J connectivity index is 1.77. The largest absolute Gasteiger partial charge is 0.359 e. The zero-order chi connectivity index (χ0) is 13.6. The third-order valence-electron chi connectivity index (χ3n) is 4.69. The molecule has 19 heavy (non-hydrogen) atoms. The smallest absolute Gasteiger partial charge is 0.233 e. The molecule has 3 amide bonds. The van der Waals surface area contributed by atoms with Gasteiger partial charge in [-0.2, -0.15) is 0 Å². The minimum absolute atomic E-state index is 0.0713. The third-order valence-corrected chi connectivity index (χ3v) is 4.69. The molecule has 1 heterocycles. The normalized spacial score (nSPS) is 35.7. The van der Waals surface area contributed by atoms with Gasteiger partial charge in [0.05, 0.1) is 11.8 Å². The molecular formula is C14H18N2O3. The summed E-state index contributed by atoms with van der Waals surface area (Å²) in [6.45, 7) is 0.212. The van der Waals surface area contributed by atoms with Gasteiger partial charge in [-0.15, -0.1) is 0 Å². The minimum Gasteiger partial charge on any atom is -0.359 e. The highest BCUT2D eigenvalue weighted by Gasteiger charge is 2.56.